The van der Waals surface area contributed by atoms with Gasteiger partial charge in [0.25, 0.3) is 0 Å². The highest BCUT2D eigenvalue weighted by atomic mass is 32.1. The van der Waals surface area contributed by atoms with Crippen LogP contribution in [0, 0.1) is 0 Å². The summed E-state index contributed by atoms with van der Waals surface area (Å²) in [6.07, 6.45) is -0.389. The second-order valence-corrected chi connectivity index (χ2v) is 6.22. The molecule has 0 unspecified atom stereocenters. The lowest BCUT2D eigenvalue weighted by Gasteiger charge is -2.17. The summed E-state index contributed by atoms with van der Waals surface area (Å²) in [6, 6.07) is 12.7. The van der Waals surface area contributed by atoms with Crippen molar-refractivity contribution in [2.45, 2.75) is 19.5 Å². The van der Waals surface area contributed by atoms with Gasteiger partial charge in [-0.1, -0.05) is 19.1 Å². The largest absolute Gasteiger partial charge is 0.416 e. The number of halogens is 3. The van der Waals surface area contributed by atoms with Crippen molar-refractivity contribution in [3.63, 3.8) is 0 Å². The highest BCUT2D eigenvalue weighted by molar-refractivity contribution is 7.80. The highest BCUT2D eigenvalue weighted by Crippen LogP contribution is 2.33. The van der Waals surface area contributed by atoms with Gasteiger partial charge in [-0.3, -0.25) is 0 Å². The molecule has 1 aromatic heterocycles. The van der Waals surface area contributed by atoms with Gasteiger partial charge in [0, 0.05) is 18.1 Å². The van der Waals surface area contributed by atoms with Crippen LogP contribution in [0.25, 0.3) is 5.69 Å². The number of hydrogen-bond donors (Lipinski definition) is 2. The number of aromatic nitrogens is 2. The van der Waals surface area contributed by atoms with Crippen LogP contribution >= 0.6 is 12.2 Å². The summed E-state index contributed by atoms with van der Waals surface area (Å²) in [5, 5.41) is 10.1. The molecule has 4 nitrogen and oxygen atoms in total. The molecule has 8 heteroatoms. The molecule has 0 aliphatic rings. The summed E-state index contributed by atoms with van der Waals surface area (Å²) in [6.45, 7) is 2.04. The van der Waals surface area contributed by atoms with Gasteiger partial charge in [-0.15, -0.1) is 0 Å². The predicted octanol–water partition coefficient (Wildman–Crippen LogP) is 5.26. The summed E-state index contributed by atoms with van der Waals surface area (Å²) in [5.74, 6) is 0. The smallest absolute Gasteiger partial charge is 0.332 e. The van der Waals surface area contributed by atoms with Crippen molar-refractivity contribution in [1.82, 2.24) is 9.78 Å². The van der Waals surface area contributed by atoms with Gasteiger partial charge in [0.2, 0.25) is 0 Å². The standard InChI is InChI=1S/C19H17F3N4S/c1-2-13-5-3-6-15(11-13)24-18(27)25-16-12-14(19(20,21)22)7-8-17(16)26-10-4-9-23-26/h3-12H,2H2,1H3,(H2,24,25,27). The normalized spacial score (nSPS) is 11.3. The molecule has 3 aromatic rings. The molecule has 0 aliphatic heterocycles. The van der Waals surface area contributed by atoms with Crippen molar-refractivity contribution in [3.05, 3.63) is 72.1 Å². The Labute approximate surface area is 160 Å². The summed E-state index contributed by atoms with van der Waals surface area (Å²) in [5.41, 5.74) is 1.78. The van der Waals surface area contributed by atoms with Crippen LogP contribution in [0.3, 0.4) is 0 Å². The Hall–Kier alpha value is -2.87. The maximum atomic E-state index is 13.1. The number of rotatable bonds is 4. The molecule has 0 fully saturated rings. The first-order valence-electron chi connectivity index (χ1n) is 8.25. The van der Waals surface area contributed by atoms with Crippen LogP contribution in [0.15, 0.2) is 60.9 Å². The molecule has 0 radical (unpaired) electrons. The number of alkyl halides is 3. The third kappa shape index (κ3) is 4.65. The number of nitrogens with one attached hydrogen (secondary N) is 2. The topological polar surface area (TPSA) is 41.9 Å². The third-order valence-electron chi connectivity index (χ3n) is 3.92. The number of benzene rings is 2. The molecular weight excluding hydrogens is 373 g/mol. The van der Waals surface area contributed by atoms with E-state index in [0.29, 0.717) is 5.69 Å². The second-order valence-electron chi connectivity index (χ2n) is 5.81. The van der Waals surface area contributed by atoms with E-state index in [4.69, 9.17) is 12.2 Å². The van der Waals surface area contributed by atoms with Gasteiger partial charge in [0.15, 0.2) is 5.11 Å². The minimum absolute atomic E-state index is 0.191. The lowest BCUT2D eigenvalue weighted by Crippen LogP contribution is -2.21. The van der Waals surface area contributed by atoms with E-state index >= 15 is 0 Å². The van der Waals surface area contributed by atoms with Crippen molar-refractivity contribution < 1.29 is 13.2 Å². The van der Waals surface area contributed by atoms with E-state index in [1.165, 1.54) is 10.7 Å². The summed E-state index contributed by atoms with van der Waals surface area (Å²) in [4.78, 5) is 0. The van der Waals surface area contributed by atoms with Crippen molar-refractivity contribution in [2.75, 3.05) is 10.6 Å². The second kappa shape index (κ2) is 7.79. The fourth-order valence-electron chi connectivity index (χ4n) is 2.58. The number of thiocarbonyl (C=S) groups is 1. The van der Waals surface area contributed by atoms with E-state index < -0.39 is 11.7 Å². The van der Waals surface area contributed by atoms with E-state index in [0.717, 1.165) is 29.8 Å². The molecule has 2 N–H and O–H groups in total. The van der Waals surface area contributed by atoms with Crippen LogP contribution in [0.1, 0.15) is 18.1 Å². The average Bonchev–Trinajstić information content (AvgIpc) is 3.15. The summed E-state index contributed by atoms with van der Waals surface area (Å²) >= 11 is 5.29. The SMILES string of the molecule is CCc1cccc(NC(=S)Nc2cc(C(F)(F)F)ccc2-n2cccn2)c1. The minimum Gasteiger partial charge on any atom is -0.332 e. The van der Waals surface area contributed by atoms with Crippen LogP contribution in [-0.2, 0) is 12.6 Å². The maximum Gasteiger partial charge on any atom is 0.416 e. The van der Waals surface area contributed by atoms with Gasteiger partial charge in [0.1, 0.15) is 0 Å². The Morgan fingerprint density at radius 1 is 1.11 bits per heavy atom. The first-order valence-corrected chi connectivity index (χ1v) is 8.66. The number of nitrogens with zero attached hydrogens (tertiary/aromatic N) is 2. The summed E-state index contributed by atoms with van der Waals surface area (Å²) < 4.78 is 40.8. The lowest BCUT2D eigenvalue weighted by atomic mass is 10.1. The molecule has 0 saturated carbocycles. The van der Waals surface area contributed by atoms with Crippen molar-refractivity contribution >= 4 is 28.7 Å². The van der Waals surface area contributed by atoms with Crippen LogP contribution in [0.4, 0.5) is 24.5 Å². The maximum absolute atomic E-state index is 13.1. The van der Waals surface area contributed by atoms with Crippen LogP contribution in [0.2, 0.25) is 0 Å². The number of aryl methyl sites for hydroxylation is 1. The zero-order chi connectivity index (χ0) is 19.4. The molecular formula is C19H17F3N4S. The monoisotopic (exact) mass is 390 g/mol. The zero-order valence-corrected chi connectivity index (χ0v) is 15.2. The van der Waals surface area contributed by atoms with Gasteiger partial charge in [-0.05, 0) is 60.6 Å². The van der Waals surface area contributed by atoms with Gasteiger partial charge in [-0.25, -0.2) is 4.68 Å². The molecule has 0 saturated heterocycles. The minimum atomic E-state index is -4.45. The zero-order valence-electron chi connectivity index (χ0n) is 14.4. The van der Waals surface area contributed by atoms with Gasteiger partial charge >= 0.3 is 6.18 Å². The van der Waals surface area contributed by atoms with Gasteiger partial charge < -0.3 is 10.6 Å². The van der Waals surface area contributed by atoms with Crippen molar-refractivity contribution in [2.24, 2.45) is 0 Å². The Kier molecular flexibility index (Phi) is 5.46. The Bertz CT molecular complexity index is 936. The molecule has 0 atom stereocenters. The molecule has 1 heterocycles. The van der Waals surface area contributed by atoms with E-state index in [2.05, 4.69) is 15.7 Å². The molecule has 140 valence electrons. The van der Waals surface area contributed by atoms with E-state index in [-0.39, 0.29) is 10.8 Å². The first-order chi connectivity index (χ1) is 12.9. The Morgan fingerprint density at radius 3 is 2.59 bits per heavy atom. The quantitative estimate of drug-likeness (QED) is 0.596. The van der Waals surface area contributed by atoms with Crippen LogP contribution < -0.4 is 10.6 Å². The Morgan fingerprint density at radius 2 is 1.93 bits per heavy atom. The molecule has 0 spiro atoms. The molecule has 2 aromatic carbocycles. The van der Waals surface area contributed by atoms with E-state index in [1.54, 1.807) is 18.5 Å². The average molecular weight is 390 g/mol. The van der Waals surface area contributed by atoms with E-state index in [9.17, 15) is 13.2 Å². The van der Waals surface area contributed by atoms with Crippen LogP contribution in [-0.4, -0.2) is 14.9 Å². The van der Waals surface area contributed by atoms with Gasteiger partial charge in [0.05, 0.1) is 16.9 Å². The molecule has 0 amide bonds. The molecule has 0 aliphatic carbocycles. The number of hydrogen-bond acceptors (Lipinski definition) is 2. The molecule has 27 heavy (non-hydrogen) atoms. The van der Waals surface area contributed by atoms with Gasteiger partial charge in [-0.2, -0.15) is 18.3 Å². The lowest BCUT2D eigenvalue weighted by molar-refractivity contribution is -0.137. The Balaban J connectivity index is 1.88. The highest BCUT2D eigenvalue weighted by Gasteiger charge is 2.31. The van der Waals surface area contributed by atoms with Crippen LogP contribution in [0.5, 0.6) is 0 Å². The van der Waals surface area contributed by atoms with Crippen molar-refractivity contribution in [3.8, 4) is 5.69 Å². The fourth-order valence-corrected chi connectivity index (χ4v) is 2.81. The molecule has 3 rings (SSSR count). The van der Waals surface area contributed by atoms with E-state index in [1.807, 2.05) is 31.2 Å². The predicted molar refractivity (Wildman–Crippen MR) is 104 cm³/mol. The first kappa shape index (κ1) is 18.9. The third-order valence-corrected chi connectivity index (χ3v) is 4.12. The van der Waals surface area contributed by atoms with Crippen molar-refractivity contribution in [1.29, 1.82) is 0 Å². The number of anilines is 2. The summed E-state index contributed by atoms with van der Waals surface area (Å²) in [7, 11) is 0. The fraction of sp³-hybridized carbons (Fsp3) is 0.158. The molecule has 0 bridgehead atoms.